The number of nitrogens with one attached hydrogen (secondary N) is 2. The minimum Gasteiger partial charge on any atom is -0.460 e. The highest BCUT2D eigenvalue weighted by Crippen LogP contribution is 2.22. The van der Waals surface area contributed by atoms with Crippen LogP contribution in [-0.2, 0) is 9.53 Å². The molecule has 2 aromatic rings. The summed E-state index contributed by atoms with van der Waals surface area (Å²) in [6.07, 6.45) is 2.65. The van der Waals surface area contributed by atoms with Crippen molar-refractivity contribution in [3.63, 3.8) is 0 Å². The van der Waals surface area contributed by atoms with Gasteiger partial charge in [-0.25, -0.2) is 4.79 Å². The summed E-state index contributed by atoms with van der Waals surface area (Å²) in [6.45, 7) is 1.72. The van der Waals surface area contributed by atoms with Crippen LogP contribution in [0.3, 0.4) is 0 Å². The molecule has 8 nitrogen and oxygen atoms in total. The highest BCUT2D eigenvalue weighted by molar-refractivity contribution is 6.43. The number of nitrogens with zero attached hydrogens (tertiary/aromatic N) is 1. The number of carbonyl (C=O) groups is 2. The average molecular weight is 266 g/mol. The summed E-state index contributed by atoms with van der Waals surface area (Å²) in [6, 6.07) is 0. The third-order valence-electron chi connectivity index (χ3n) is 2.54. The van der Waals surface area contributed by atoms with Gasteiger partial charge in [0, 0.05) is 11.6 Å². The smallest absolute Gasteiger partial charge is 0.460 e. The van der Waals surface area contributed by atoms with Crippen molar-refractivity contribution < 1.29 is 23.6 Å². The summed E-state index contributed by atoms with van der Waals surface area (Å²) < 4.78 is 9.97. The van der Waals surface area contributed by atoms with Gasteiger partial charge in [-0.15, -0.1) is 5.10 Å². The number of H-pyrrole nitrogens is 2. The van der Waals surface area contributed by atoms with Crippen LogP contribution in [0.4, 0.5) is 0 Å². The molecule has 0 fully saturated rings. The molecular weight excluding hydrogens is 254 g/mol. The molecule has 2 N–H and O–H groups in total. The maximum atomic E-state index is 11.9. The predicted molar refractivity (Wildman–Crippen MR) is 63.5 cm³/mol. The van der Waals surface area contributed by atoms with E-state index in [-0.39, 0.29) is 18.1 Å². The Morgan fingerprint density at radius 2 is 2.11 bits per heavy atom. The molecular formula is C11H12N3O5+. The van der Waals surface area contributed by atoms with Crippen molar-refractivity contribution in [1.29, 1.82) is 0 Å². The van der Waals surface area contributed by atoms with Gasteiger partial charge in [0.15, 0.2) is 5.52 Å². The van der Waals surface area contributed by atoms with Crippen molar-refractivity contribution in [1.82, 2.24) is 10.1 Å². The first kappa shape index (κ1) is 12.8. The zero-order chi connectivity index (χ0) is 14.0. The van der Waals surface area contributed by atoms with E-state index in [0.29, 0.717) is 15.4 Å². The number of carbonyl (C=O) groups excluding carboxylic acids is 2. The number of methoxy groups -OCH3 is 1. The van der Waals surface area contributed by atoms with E-state index >= 15 is 0 Å². The minimum atomic E-state index is -0.943. The van der Waals surface area contributed by atoms with Crippen molar-refractivity contribution in [2.75, 3.05) is 13.7 Å². The Labute approximate surface area is 106 Å². The monoisotopic (exact) mass is 266 g/mol. The van der Waals surface area contributed by atoms with Gasteiger partial charge >= 0.3 is 11.8 Å². The quantitative estimate of drug-likeness (QED) is 0.355. The number of rotatable bonds is 4. The second-order valence-corrected chi connectivity index (χ2v) is 3.62. The van der Waals surface area contributed by atoms with E-state index in [4.69, 9.17) is 4.74 Å². The molecule has 19 heavy (non-hydrogen) atoms. The molecule has 0 saturated carbocycles. The van der Waals surface area contributed by atoms with Gasteiger partial charge in [-0.1, -0.05) is 0 Å². The van der Waals surface area contributed by atoms with Gasteiger partial charge in [-0.2, -0.15) is 0 Å². The highest BCUT2D eigenvalue weighted by Gasteiger charge is 2.25. The Morgan fingerprint density at radius 3 is 2.74 bits per heavy atom. The molecule has 0 aliphatic rings. The molecule has 8 heteroatoms. The molecule has 0 aliphatic heterocycles. The minimum absolute atomic E-state index is 0.0274. The van der Waals surface area contributed by atoms with Crippen molar-refractivity contribution >= 4 is 22.7 Å². The topological polar surface area (TPSA) is 107 Å². The molecule has 2 rings (SSSR count). The third-order valence-corrected chi connectivity index (χ3v) is 2.54. The van der Waals surface area contributed by atoms with Crippen molar-refractivity contribution in [2.24, 2.45) is 0 Å². The average Bonchev–Trinajstić information content (AvgIpc) is 2.81. The number of aromatic amines is 2. The fourth-order valence-corrected chi connectivity index (χ4v) is 1.72. The fraction of sp³-hybridized carbons (Fsp3) is 0.273. The Morgan fingerprint density at radius 1 is 1.37 bits per heavy atom. The van der Waals surface area contributed by atoms with Crippen LogP contribution >= 0.6 is 0 Å². The number of hydrogen-bond donors (Lipinski definition) is 2. The van der Waals surface area contributed by atoms with Crippen molar-refractivity contribution in [2.45, 2.75) is 6.92 Å². The molecule has 100 valence electrons. The van der Waals surface area contributed by atoms with Crippen molar-refractivity contribution in [3.05, 3.63) is 22.9 Å². The van der Waals surface area contributed by atoms with E-state index in [9.17, 15) is 14.5 Å². The molecule has 0 aromatic carbocycles. The lowest BCUT2D eigenvalue weighted by Crippen LogP contribution is -2.22. The fourth-order valence-electron chi connectivity index (χ4n) is 1.72. The van der Waals surface area contributed by atoms with Gasteiger partial charge in [-0.05, 0) is 6.92 Å². The van der Waals surface area contributed by atoms with Crippen LogP contribution in [0.5, 0.6) is 5.88 Å². The molecule has 0 unspecified atom stereocenters. The Kier molecular flexibility index (Phi) is 3.32. The number of aromatic nitrogens is 3. The van der Waals surface area contributed by atoms with Gasteiger partial charge < -0.3 is 14.5 Å². The first-order valence-electron chi connectivity index (χ1n) is 5.51. The number of ketones is 1. The molecule has 2 aromatic heterocycles. The van der Waals surface area contributed by atoms with E-state index in [1.54, 1.807) is 6.92 Å². The molecule has 0 bridgehead atoms. The largest absolute Gasteiger partial charge is 0.474 e. The van der Waals surface area contributed by atoms with Gasteiger partial charge in [0.25, 0.3) is 5.78 Å². The maximum absolute atomic E-state index is 11.9. The second-order valence-electron chi connectivity index (χ2n) is 3.62. The van der Waals surface area contributed by atoms with Crippen LogP contribution in [0.15, 0.2) is 12.4 Å². The molecule has 0 radical (unpaired) electrons. The second kappa shape index (κ2) is 4.92. The van der Waals surface area contributed by atoms with Crippen LogP contribution in [0.25, 0.3) is 10.9 Å². The van der Waals surface area contributed by atoms with E-state index in [1.165, 1.54) is 19.5 Å². The summed E-state index contributed by atoms with van der Waals surface area (Å²) >= 11 is 0. The van der Waals surface area contributed by atoms with Crippen molar-refractivity contribution in [3.8, 4) is 5.88 Å². The maximum Gasteiger partial charge on any atom is 0.474 e. The highest BCUT2D eigenvalue weighted by atomic mass is 16.5. The van der Waals surface area contributed by atoms with Gasteiger partial charge in [0.05, 0.1) is 30.4 Å². The molecule has 2 heterocycles. The number of esters is 1. The zero-order valence-electron chi connectivity index (χ0n) is 10.4. The lowest BCUT2D eigenvalue weighted by molar-refractivity contribution is -0.570. The number of Topliss-reactive ketones (excluding diaryl/α,β-unsaturated/α-hetero) is 1. The third kappa shape index (κ3) is 2.07. The lowest BCUT2D eigenvalue weighted by Gasteiger charge is -1.98. The van der Waals surface area contributed by atoms with Gasteiger partial charge in [0.2, 0.25) is 4.54 Å². The molecule has 0 spiro atoms. The van der Waals surface area contributed by atoms with E-state index in [2.05, 4.69) is 14.8 Å². The first-order chi connectivity index (χ1) is 9.10. The van der Waals surface area contributed by atoms with Crippen LogP contribution in [-0.4, -0.2) is 35.6 Å². The van der Waals surface area contributed by atoms with Gasteiger partial charge in [-0.3, -0.25) is 4.79 Å². The number of ether oxygens (including phenoxy) is 2. The summed E-state index contributed by atoms with van der Waals surface area (Å²) in [5, 5.41) is 2.73. The standard InChI is InChI=1S/C11H11N3O5/c1-3-19-11(16)9(15)7-4-12-8-6(7)5-13-14(17)10(8)18-2/h4-5H,3H2,1-2H3,(H-,12,13,15,16,17)/p+1. The normalized spacial score (nSPS) is 10.4. The summed E-state index contributed by atoms with van der Waals surface area (Å²) in [5.74, 6) is -1.76. The van der Waals surface area contributed by atoms with Crippen LogP contribution in [0, 0.1) is 4.91 Å². The Balaban J connectivity index is 2.55. The number of fused-ring (bicyclic) bond motifs is 1. The SMILES string of the molecule is CCOC(=O)C(=O)c1c[nH]c2c(OC)[n+](=O)[nH]cc12. The zero-order valence-corrected chi connectivity index (χ0v) is 10.4. The van der Waals surface area contributed by atoms with Gasteiger partial charge in [0.1, 0.15) is 0 Å². The van der Waals surface area contributed by atoms with E-state index < -0.39 is 11.8 Å². The summed E-state index contributed by atoms with van der Waals surface area (Å²) in [4.78, 5) is 37.4. The van der Waals surface area contributed by atoms with Crippen LogP contribution in [0.1, 0.15) is 17.3 Å². The Bertz CT molecular complexity index is 700. The lowest BCUT2D eigenvalue weighted by atomic mass is 10.1. The summed E-state index contributed by atoms with van der Waals surface area (Å²) in [5.41, 5.74) is 0.437. The Hall–Kier alpha value is -2.64. The molecule has 0 saturated heterocycles. The predicted octanol–water partition coefficient (Wildman–Crippen LogP) is 0.165. The number of hydrogen-bond acceptors (Lipinski definition) is 5. The molecule has 0 atom stereocenters. The first-order valence-corrected chi connectivity index (χ1v) is 5.51. The van der Waals surface area contributed by atoms with Crippen LogP contribution in [0.2, 0.25) is 0 Å². The van der Waals surface area contributed by atoms with Crippen LogP contribution < -0.4 is 9.28 Å². The van der Waals surface area contributed by atoms with E-state index in [0.717, 1.165) is 0 Å². The molecule has 0 amide bonds. The van der Waals surface area contributed by atoms with E-state index in [1.807, 2.05) is 0 Å². The summed E-state index contributed by atoms with van der Waals surface area (Å²) in [7, 11) is 1.32. The molecule has 0 aliphatic carbocycles.